The van der Waals surface area contributed by atoms with Gasteiger partial charge < -0.3 is 9.26 Å². The first-order chi connectivity index (χ1) is 13.2. The number of rotatable bonds is 9. The largest absolute Gasteiger partial charge is 0.498 e. The van der Waals surface area contributed by atoms with Crippen molar-refractivity contribution in [1.29, 1.82) is 0 Å². The molecular formula is C23H27NO3. The van der Waals surface area contributed by atoms with Crippen LogP contribution in [0.5, 0.6) is 0 Å². The third kappa shape index (κ3) is 5.19. The maximum atomic E-state index is 11.4. The summed E-state index contributed by atoms with van der Waals surface area (Å²) in [6.07, 6.45) is 10.8. The normalized spacial score (nSPS) is 13.9. The van der Waals surface area contributed by atoms with Crippen molar-refractivity contribution in [3.8, 4) is 11.3 Å². The molecule has 0 atom stereocenters. The number of ether oxygens (including phenoxy) is 1. The van der Waals surface area contributed by atoms with Crippen LogP contribution in [-0.4, -0.2) is 17.5 Å². The molecule has 0 saturated heterocycles. The molecule has 0 fully saturated rings. The van der Waals surface area contributed by atoms with Crippen molar-refractivity contribution in [2.45, 2.75) is 52.4 Å². The van der Waals surface area contributed by atoms with E-state index in [0.29, 0.717) is 5.56 Å². The summed E-state index contributed by atoms with van der Waals surface area (Å²) in [5, 5.41) is 4.18. The Morgan fingerprint density at radius 2 is 1.93 bits per heavy atom. The summed E-state index contributed by atoms with van der Waals surface area (Å²) in [7, 11) is 0. The van der Waals surface area contributed by atoms with Crippen LogP contribution in [-0.2, 0) is 4.74 Å². The second kappa shape index (κ2) is 9.36. The van der Waals surface area contributed by atoms with Crippen LogP contribution < -0.4 is 0 Å². The van der Waals surface area contributed by atoms with Crippen LogP contribution in [0.3, 0.4) is 0 Å². The van der Waals surface area contributed by atoms with Gasteiger partial charge in [0.05, 0.1) is 12.4 Å². The molecule has 1 aromatic heterocycles. The molecule has 27 heavy (non-hydrogen) atoms. The Morgan fingerprint density at radius 1 is 1.11 bits per heavy atom. The molecule has 1 heterocycles. The number of aromatic nitrogens is 1. The zero-order chi connectivity index (χ0) is 19.1. The smallest absolute Gasteiger partial charge is 0.163 e. The Kier molecular flexibility index (Phi) is 6.64. The van der Waals surface area contributed by atoms with Gasteiger partial charge in [0.1, 0.15) is 5.69 Å². The fraction of sp³-hybridized carbons (Fsp3) is 0.391. The number of Topliss-reactive ketones (excluding diaryl/α,β-unsaturated/α-hetero) is 1. The Labute approximate surface area is 160 Å². The minimum absolute atomic E-state index is 0.0601. The summed E-state index contributed by atoms with van der Waals surface area (Å²) in [5.74, 6) is 1.90. The molecule has 1 aliphatic rings. The van der Waals surface area contributed by atoms with Gasteiger partial charge in [0.2, 0.25) is 0 Å². The molecule has 0 unspecified atom stereocenters. The van der Waals surface area contributed by atoms with Crippen molar-refractivity contribution in [3.05, 3.63) is 59.6 Å². The number of ketones is 1. The minimum atomic E-state index is 0.0601. The predicted molar refractivity (Wildman–Crippen MR) is 107 cm³/mol. The van der Waals surface area contributed by atoms with Crippen LogP contribution >= 0.6 is 0 Å². The fourth-order valence-electron chi connectivity index (χ4n) is 3.11. The Morgan fingerprint density at radius 3 is 2.59 bits per heavy atom. The Hall–Kier alpha value is -2.62. The van der Waals surface area contributed by atoms with Crippen LogP contribution in [0.15, 0.2) is 52.8 Å². The second-order valence-electron chi connectivity index (χ2n) is 6.94. The first-order valence-corrected chi connectivity index (χ1v) is 9.78. The van der Waals surface area contributed by atoms with Gasteiger partial charge in [-0.05, 0) is 31.4 Å². The molecule has 0 bridgehead atoms. The van der Waals surface area contributed by atoms with E-state index in [1.807, 2.05) is 36.4 Å². The third-order valence-corrected chi connectivity index (χ3v) is 4.81. The van der Waals surface area contributed by atoms with Gasteiger partial charge >= 0.3 is 0 Å². The number of hydrogen-bond acceptors (Lipinski definition) is 4. The molecule has 0 N–H and O–H groups in total. The maximum absolute atomic E-state index is 11.4. The van der Waals surface area contributed by atoms with E-state index in [4.69, 9.17) is 9.26 Å². The van der Waals surface area contributed by atoms with E-state index in [2.05, 4.69) is 18.2 Å². The van der Waals surface area contributed by atoms with Crippen LogP contribution in [0, 0.1) is 0 Å². The second-order valence-corrected chi connectivity index (χ2v) is 6.94. The molecule has 0 saturated carbocycles. The molecule has 142 valence electrons. The maximum Gasteiger partial charge on any atom is 0.163 e. The van der Waals surface area contributed by atoms with Crippen molar-refractivity contribution in [2.75, 3.05) is 6.61 Å². The highest BCUT2D eigenvalue weighted by Crippen LogP contribution is 2.30. The number of carbonyl (C=O) groups is 1. The van der Waals surface area contributed by atoms with Crippen molar-refractivity contribution >= 4 is 11.4 Å². The first-order valence-electron chi connectivity index (χ1n) is 9.78. The summed E-state index contributed by atoms with van der Waals surface area (Å²) in [6.45, 7) is 4.58. The monoisotopic (exact) mass is 365 g/mol. The summed E-state index contributed by atoms with van der Waals surface area (Å²) >= 11 is 0. The van der Waals surface area contributed by atoms with E-state index in [9.17, 15) is 4.79 Å². The van der Waals surface area contributed by atoms with Crippen molar-refractivity contribution in [2.24, 2.45) is 0 Å². The van der Waals surface area contributed by atoms with Gasteiger partial charge in [-0.3, -0.25) is 4.79 Å². The predicted octanol–water partition coefficient (Wildman–Crippen LogP) is 6.20. The van der Waals surface area contributed by atoms with E-state index in [0.717, 1.165) is 54.2 Å². The quantitative estimate of drug-likeness (QED) is 0.392. The number of nitrogens with zero attached hydrogens (tertiary/aromatic N) is 1. The van der Waals surface area contributed by atoms with Crippen molar-refractivity contribution in [1.82, 2.24) is 5.16 Å². The lowest BCUT2D eigenvalue weighted by molar-refractivity contribution is 0.101. The minimum Gasteiger partial charge on any atom is -0.498 e. The van der Waals surface area contributed by atoms with Crippen molar-refractivity contribution < 1.29 is 14.1 Å². The average molecular weight is 365 g/mol. The zero-order valence-electron chi connectivity index (χ0n) is 16.2. The molecule has 0 aliphatic heterocycles. The molecule has 4 nitrogen and oxygen atoms in total. The van der Waals surface area contributed by atoms with Crippen molar-refractivity contribution in [3.63, 3.8) is 0 Å². The Bertz CT molecular complexity index is 828. The zero-order valence-corrected chi connectivity index (χ0v) is 16.2. The van der Waals surface area contributed by atoms with E-state index >= 15 is 0 Å². The topological polar surface area (TPSA) is 52.3 Å². The standard InChI is InChI=1S/C23H27NO3/c1-3-4-5-6-15-26-21-13-11-20(12-14-21)23-16-22(24-27-23)19-9-7-18(8-10-19)17(2)25/h7-11,13,16H,3-6,12,14-15H2,1-2H3. The average Bonchev–Trinajstić information content (AvgIpc) is 3.18. The van der Waals surface area contributed by atoms with Crippen LogP contribution in [0.2, 0.25) is 0 Å². The Balaban J connectivity index is 1.60. The molecular weight excluding hydrogens is 338 g/mol. The summed E-state index contributed by atoms with van der Waals surface area (Å²) in [6, 6.07) is 9.40. The molecule has 4 heteroatoms. The number of carbonyl (C=O) groups excluding carboxylic acids is 1. The highest BCUT2D eigenvalue weighted by molar-refractivity contribution is 5.94. The highest BCUT2D eigenvalue weighted by Gasteiger charge is 2.15. The lowest BCUT2D eigenvalue weighted by atomic mass is 10.0. The van der Waals surface area contributed by atoms with E-state index in [1.165, 1.54) is 19.3 Å². The van der Waals surface area contributed by atoms with Gasteiger partial charge in [-0.25, -0.2) is 0 Å². The molecule has 2 aromatic rings. The summed E-state index contributed by atoms with van der Waals surface area (Å²) in [5.41, 5.74) is 3.55. The number of hydrogen-bond donors (Lipinski definition) is 0. The van der Waals surface area contributed by atoms with Crippen LogP contribution in [0.25, 0.3) is 16.8 Å². The number of allylic oxidation sites excluding steroid dienone is 4. The van der Waals surface area contributed by atoms with Gasteiger partial charge in [0.25, 0.3) is 0 Å². The lowest BCUT2D eigenvalue weighted by Crippen LogP contribution is -1.99. The lowest BCUT2D eigenvalue weighted by Gasteiger charge is -2.14. The van der Waals surface area contributed by atoms with Gasteiger partial charge in [0.15, 0.2) is 11.5 Å². The molecule has 0 amide bonds. The molecule has 3 rings (SSSR count). The van der Waals surface area contributed by atoms with E-state index in [1.54, 1.807) is 6.92 Å². The first kappa shape index (κ1) is 19.2. The molecule has 0 radical (unpaired) electrons. The molecule has 1 aromatic carbocycles. The van der Waals surface area contributed by atoms with E-state index in [-0.39, 0.29) is 5.78 Å². The van der Waals surface area contributed by atoms with Gasteiger partial charge in [-0.15, -0.1) is 0 Å². The highest BCUT2D eigenvalue weighted by atomic mass is 16.5. The van der Waals surface area contributed by atoms with Crippen LogP contribution in [0.4, 0.5) is 0 Å². The van der Waals surface area contributed by atoms with Gasteiger partial charge in [0, 0.05) is 23.6 Å². The van der Waals surface area contributed by atoms with E-state index < -0.39 is 0 Å². The third-order valence-electron chi connectivity index (χ3n) is 4.81. The van der Waals surface area contributed by atoms with Gasteiger partial charge in [-0.2, -0.15) is 0 Å². The summed E-state index contributed by atoms with van der Waals surface area (Å²) in [4.78, 5) is 11.4. The van der Waals surface area contributed by atoms with Gasteiger partial charge in [-0.1, -0.05) is 61.7 Å². The van der Waals surface area contributed by atoms with Crippen LogP contribution in [0.1, 0.15) is 68.5 Å². The summed E-state index contributed by atoms with van der Waals surface area (Å²) < 4.78 is 11.4. The fourth-order valence-corrected chi connectivity index (χ4v) is 3.11. The molecule has 1 aliphatic carbocycles. The molecule has 0 spiro atoms. The SMILES string of the molecule is CCCCCCOC1=CC=C(c2cc(-c3ccc(C(C)=O)cc3)no2)CC1. The number of benzene rings is 1. The number of unbranched alkanes of at least 4 members (excludes halogenated alkanes) is 3.